The molecule has 5 nitrogen and oxygen atoms in total. The van der Waals surface area contributed by atoms with Crippen LogP contribution in [0.4, 0.5) is 0 Å². The summed E-state index contributed by atoms with van der Waals surface area (Å²) >= 11 is 0. The van der Waals surface area contributed by atoms with E-state index in [9.17, 15) is 0 Å². The molecule has 84 valence electrons. The fourth-order valence-corrected chi connectivity index (χ4v) is 2.24. The van der Waals surface area contributed by atoms with Crippen LogP contribution in [0.3, 0.4) is 0 Å². The third-order valence-corrected chi connectivity index (χ3v) is 3.10. The molecule has 1 aliphatic carbocycles. The number of aryl methyl sites for hydroxylation is 1. The summed E-state index contributed by atoms with van der Waals surface area (Å²) in [5.74, 6) is 2.96. The largest absolute Gasteiger partial charge is 0.361 e. The van der Waals surface area contributed by atoms with Gasteiger partial charge < -0.3 is 4.52 Å². The molecule has 1 saturated carbocycles. The number of rotatable bonds is 2. The molecule has 1 N–H and O–H groups in total. The fraction of sp³-hybridized carbons (Fsp3) is 0.545. The summed E-state index contributed by atoms with van der Waals surface area (Å²) in [6.45, 7) is 1.86. The molecule has 2 heterocycles. The molecule has 16 heavy (non-hydrogen) atoms. The van der Waals surface area contributed by atoms with Crippen LogP contribution in [0.1, 0.15) is 43.2 Å². The SMILES string of the molecule is Cc1cc(-c2n[nH]c(C3CCCC3)n2)no1. The summed E-state index contributed by atoms with van der Waals surface area (Å²) in [6.07, 6.45) is 5.02. The Kier molecular flexibility index (Phi) is 2.23. The van der Waals surface area contributed by atoms with Crippen molar-refractivity contribution >= 4 is 0 Å². The van der Waals surface area contributed by atoms with E-state index >= 15 is 0 Å². The van der Waals surface area contributed by atoms with E-state index in [2.05, 4.69) is 20.3 Å². The van der Waals surface area contributed by atoms with E-state index in [1.807, 2.05) is 13.0 Å². The monoisotopic (exact) mass is 218 g/mol. The van der Waals surface area contributed by atoms with Gasteiger partial charge in [-0.2, -0.15) is 5.10 Å². The van der Waals surface area contributed by atoms with Gasteiger partial charge in [-0.15, -0.1) is 0 Å². The number of hydrogen-bond donors (Lipinski definition) is 1. The predicted molar refractivity (Wildman–Crippen MR) is 57.8 cm³/mol. The normalized spacial score (nSPS) is 17.1. The van der Waals surface area contributed by atoms with E-state index in [0.29, 0.717) is 17.4 Å². The van der Waals surface area contributed by atoms with Gasteiger partial charge in [-0.3, -0.25) is 5.10 Å². The summed E-state index contributed by atoms with van der Waals surface area (Å²) in [4.78, 5) is 4.49. The van der Waals surface area contributed by atoms with Crippen LogP contribution in [0.5, 0.6) is 0 Å². The van der Waals surface area contributed by atoms with Gasteiger partial charge in [-0.1, -0.05) is 18.0 Å². The average Bonchev–Trinajstić information content (AvgIpc) is 2.97. The lowest BCUT2D eigenvalue weighted by atomic mass is 10.1. The minimum absolute atomic E-state index is 0.550. The predicted octanol–water partition coefficient (Wildman–Crippen LogP) is 2.43. The van der Waals surface area contributed by atoms with E-state index in [-0.39, 0.29) is 0 Å². The molecule has 0 bridgehead atoms. The van der Waals surface area contributed by atoms with Crippen LogP contribution in [0.2, 0.25) is 0 Å². The molecule has 2 aromatic rings. The van der Waals surface area contributed by atoms with Crippen LogP contribution < -0.4 is 0 Å². The van der Waals surface area contributed by atoms with Crippen molar-refractivity contribution < 1.29 is 4.52 Å². The third-order valence-electron chi connectivity index (χ3n) is 3.10. The standard InChI is InChI=1S/C11H14N4O/c1-7-6-9(15-16-7)11-12-10(13-14-11)8-4-2-3-5-8/h6,8H,2-5H2,1H3,(H,12,13,14). The van der Waals surface area contributed by atoms with Crippen LogP contribution in [-0.4, -0.2) is 20.3 Å². The minimum Gasteiger partial charge on any atom is -0.361 e. The van der Waals surface area contributed by atoms with Crippen LogP contribution in [-0.2, 0) is 0 Å². The lowest BCUT2D eigenvalue weighted by Gasteiger charge is -2.01. The van der Waals surface area contributed by atoms with Crippen molar-refractivity contribution in [1.82, 2.24) is 20.3 Å². The zero-order chi connectivity index (χ0) is 11.0. The van der Waals surface area contributed by atoms with E-state index < -0.39 is 0 Å². The molecule has 0 saturated heterocycles. The van der Waals surface area contributed by atoms with Crippen LogP contribution in [0.25, 0.3) is 11.5 Å². The Labute approximate surface area is 93.3 Å². The first-order valence-corrected chi connectivity index (χ1v) is 5.69. The van der Waals surface area contributed by atoms with Gasteiger partial charge in [0, 0.05) is 12.0 Å². The van der Waals surface area contributed by atoms with Crippen molar-refractivity contribution in [3.8, 4) is 11.5 Å². The third kappa shape index (κ3) is 1.62. The van der Waals surface area contributed by atoms with E-state index in [4.69, 9.17) is 4.52 Å². The highest BCUT2D eigenvalue weighted by molar-refractivity contribution is 5.47. The summed E-state index contributed by atoms with van der Waals surface area (Å²) in [5.41, 5.74) is 0.706. The average molecular weight is 218 g/mol. The fourth-order valence-electron chi connectivity index (χ4n) is 2.24. The molecule has 0 amide bonds. The first-order valence-electron chi connectivity index (χ1n) is 5.69. The Bertz CT molecular complexity index is 482. The number of aromatic nitrogens is 4. The molecule has 0 aromatic carbocycles. The van der Waals surface area contributed by atoms with Gasteiger partial charge >= 0.3 is 0 Å². The molecule has 5 heteroatoms. The quantitative estimate of drug-likeness (QED) is 0.840. The molecular formula is C11H14N4O. The highest BCUT2D eigenvalue weighted by Crippen LogP contribution is 2.32. The molecule has 0 radical (unpaired) electrons. The van der Waals surface area contributed by atoms with E-state index in [1.54, 1.807) is 0 Å². The molecule has 0 aliphatic heterocycles. The van der Waals surface area contributed by atoms with Crippen LogP contribution in [0, 0.1) is 6.92 Å². The lowest BCUT2D eigenvalue weighted by molar-refractivity contribution is 0.399. The molecule has 1 aliphatic rings. The molecule has 0 atom stereocenters. The van der Waals surface area contributed by atoms with Gasteiger partial charge in [0.2, 0.25) is 5.82 Å². The highest BCUT2D eigenvalue weighted by atomic mass is 16.5. The maximum Gasteiger partial charge on any atom is 0.203 e. The summed E-state index contributed by atoms with van der Waals surface area (Å²) < 4.78 is 5.01. The second kappa shape index (κ2) is 3.73. The lowest BCUT2D eigenvalue weighted by Crippen LogP contribution is -1.94. The number of aromatic amines is 1. The molecule has 3 rings (SSSR count). The van der Waals surface area contributed by atoms with Gasteiger partial charge in [0.1, 0.15) is 11.6 Å². The number of H-pyrrole nitrogens is 1. The van der Waals surface area contributed by atoms with Crippen molar-refractivity contribution in [3.63, 3.8) is 0 Å². The maximum absolute atomic E-state index is 5.01. The van der Waals surface area contributed by atoms with Crippen molar-refractivity contribution in [3.05, 3.63) is 17.7 Å². The van der Waals surface area contributed by atoms with Crippen LogP contribution in [0.15, 0.2) is 10.6 Å². The van der Waals surface area contributed by atoms with E-state index in [0.717, 1.165) is 11.6 Å². The van der Waals surface area contributed by atoms with Crippen molar-refractivity contribution in [2.24, 2.45) is 0 Å². The number of nitrogens with one attached hydrogen (secondary N) is 1. The smallest absolute Gasteiger partial charge is 0.203 e. The number of hydrogen-bond acceptors (Lipinski definition) is 4. The summed E-state index contributed by atoms with van der Waals surface area (Å²) in [7, 11) is 0. The zero-order valence-corrected chi connectivity index (χ0v) is 9.23. The second-order valence-electron chi connectivity index (χ2n) is 4.35. The molecule has 2 aromatic heterocycles. The van der Waals surface area contributed by atoms with E-state index in [1.165, 1.54) is 25.7 Å². The van der Waals surface area contributed by atoms with Crippen molar-refractivity contribution in [2.45, 2.75) is 38.5 Å². The maximum atomic E-state index is 5.01. The van der Waals surface area contributed by atoms with Gasteiger partial charge in [-0.05, 0) is 19.8 Å². The molecule has 0 unspecified atom stereocenters. The summed E-state index contributed by atoms with van der Waals surface area (Å²) in [5, 5.41) is 11.1. The van der Waals surface area contributed by atoms with Crippen LogP contribution >= 0.6 is 0 Å². The Morgan fingerprint density at radius 3 is 2.88 bits per heavy atom. The summed E-state index contributed by atoms with van der Waals surface area (Å²) in [6, 6.07) is 1.85. The van der Waals surface area contributed by atoms with Crippen molar-refractivity contribution in [2.75, 3.05) is 0 Å². The first kappa shape index (κ1) is 9.57. The Hall–Kier alpha value is -1.65. The number of nitrogens with zero attached hydrogens (tertiary/aromatic N) is 3. The Morgan fingerprint density at radius 1 is 1.38 bits per heavy atom. The van der Waals surface area contributed by atoms with Crippen molar-refractivity contribution in [1.29, 1.82) is 0 Å². The molecule has 0 spiro atoms. The molecular weight excluding hydrogens is 204 g/mol. The van der Waals surface area contributed by atoms with Gasteiger partial charge in [-0.25, -0.2) is 4.98 Å². The topological polar surface area (TPSA) is 67.6 Å². The Morgan fingerprint density at radius 2 is 2.19 bits per heavy atom. The van der Waals surface area contributed by atoms with Gasteiger partial charge in [0.25, 0.3) is 0 Å². The zero-order valence-electron chi connectivity index (χ0n) is 9.23. The first-order chi connectivity index (χ1) is 7.83. The van der Waals surface area contributed by atoms with Gasteiger partial charge in [0.15, 0.2) is 5.69 Å². The van der Waals surface area contributed by atoms with Gasteiger partial charge in [0.05, 0.1) is 0 Å². The molecule has 1 fully saturated rings. The second-order valence-corrected chi connectivity index (χ2v) is 4.35. The highest BCUT2D eigenvalue weighted by Gasteiger charge is 2.21. The minimum atomic E-state index is 0.550. The Balaban J connectivity index is 1.87.